The maximum atomic E-state index is 12.4. The number of carbonyl (C=O) groups excluding carboxylic acids is 1. The van der Waals surface area contributed by atoms with E-state index in [1.165, 1.54) is 18.2 Å². The molecule has 1 aromatic rings. The predicted octanol–water partition coefficient (Wildman–Crippen LogP) is 3.23. The first-order valence-corrected chi connectivity index (χ1v) is 6.15. The minimum absolute atomic E-state index is 0.00825. The summed E-state index contributed by atoms with van der Waals surface area (Å²) in [5.74, 6) is -0.939. The van der Waals surface area contributed by atoms with Crippen molar-refractivity contribution < 1.29 is 27.1 Å². The van der Waals surface area contributed by atoms with Crippen LogP contribution in [0.5, 0.6) is 5.75 Å². The summed E-state index contributed by atoms with van der Waals surface area (Å²) in [5.41, 5.74) is -0.0195. The molecule has 8 heteroatoms. The Bertz CT molecular complexity index is 445. The van der Waals surface area contributed by atoms with E-state index < -0.39 is 25.5 Å². The standard InChI is InChI=1S/C12H12ClF4NO2/c13-4-5-18(7-10(14)15)11(19)8-2-1-3-9(6-8)20-12(16)17/h1-3,6,10,12H,4-5,7H2. The quantitative estimate of drug-likeness (QED) is 0.571. The average molecular weight is 314 g/mol. The van der Waals surface area contributed by atoms with Gasteiger partial charge in [-0.05, 0) is 18.2 Å². The van der Waals surface area contributed by atoms with Gasteiger partial charge in [-0.15, -0.1) is 11.6 Å². The highest BCUT2D eigenvalue weighted by Crippen LogP contribution is 2.17. The van der Waals surface area contributed by atoms with E-state index in [1.807, 2.05) is 0 Å². The minimum Gasteiger partial charge on any atom is -0.435 e. The van der Waals surface area contributed by atoms with E-state index in [0.717, 1.165) is 11.0 Å². The van der Waals surface area contributed by atoms with Crippen LogP contribution in [-0.4, -0.2) is 42.8 Å². The van der Waals surface area contributed by atoms with E-state index in [-0.39, 0.29) is 23.7 Å². The van der Waals surface area contributed by atoms with Crippen molar-refractivity contribution in [3.63, 3.8) is 0 Å². The van der Waals surface area contributed by atoms with Gasteiger partial charge in [0, 0.05) is 18.0 Å². The van der Waals surface area contributed by atoms with E-state index in [2.05, 4.69) is 4.74 Å². The fourth-order valence-electron chi connectivity index (χ4n) is 1.53. The molecule has 0 bridgehead atoms. The lowest BCUT2D eigenvalue weighted by atomic mass is 10.2. The Kier molecular flexibility index (Phi) is 6.57. The van der Waals surface area contributed by atoms with Crippen molar-refractivity contribution in [3.8, 4) is 5.75 Å². The molecule has 20 heavy (non-hydrogen) atoms. The highest BCUT2D eigenvalue weighted by Gasteiger charge is 2.20. The fraction of sp³-hybridized carbons (Fsp3) is 0.417. The number of hydrogen-bond acceptors (Lipinski definition) is 2. The number of amides is 1. The average Bonchev–Trinajstić information content (AvgIpc) is 2.36. The molecule has 0 heterocycles. The zero-order valence-electron chi connectivity index (χ0n) is 10.2. The third-order valence-electron chi connectivity index (χ3n) is 2.31. The molecule has 0 aliphatic heterocycles. The highest BCUT2D eigenvalue weighted by atomic mass is 35.5. The van der Waals surface area contributed by atoms with Crippen LogP contribution in [0.2, 0.25) is 0 Å². The van der Waals surface area contributed by atoms with Gasteiger partial charge in [-0.25, -0.2) is 8.78 Å². The summed E-state index contributed by atoms with van der Waals surface area (Å²) in [6, 6.07) is 4.96. The van der Waals surface area contributed by atoms with Crippen LogP contribution in [-0.2, 0) is 0 Å². The lowest BCUT2D eigenvalue weighted by Crippen LogP contribution is -2.36. The van der Waals surface area contributed by atoms with Gasteiger partial charge in [0.1, 0.15) is 5.75 Å². The third kappa shape index (κ3) is 5.24. The summed E-state index contributed by atoms with van der Waals surface area (Å²) < 4.78 is 53.0. The van der Waals surface area contributed by atoms with Crippen LogP contribution in [0.4, 0.5) is 17.6 Å². The normalized spacial score (nSPS) is 10.9. The van der Waals surface area contributed by atoms with E-state index in [9.17, 15) is 22.4 Å². The number of benzene rings is 1. The first-order chi connectivity index (χ1) is 9.43. The van der Waals surface area contributed by atoms with Crippen molar-refractivity contribution >= 4 is 17.5 Å². The van der Waals surface area contributed by atoms with Gasteiger partial charge in [-0.1, -0.05) is 6.07 Å². The van der Waals surface area contributed by atoms with E-state index in [4.69, 9.17) is 11.6 Å². The molecule has 0 fully saturated rings. The minimum atomic E-state index is -3.03. The number of alkyl halides is 5. The van der Waals surface area contributed by atoms with Crippen LogP contribution in [0.1, 0.15) is 10.4 Å². The fourth-order valence-corrected chi connectivity index (χ4v) is 1.74. The van der Waals surface area contributed by atoms with Crippen LogP contribution in [0.25, 0.3) is 0 Å². The summed E-state index contributed by atoms with van der Waals surface area (Å²) >= 11 is 5.45. The first-order valence-electron chi connectivity index (χ1n) is 5.62. The molecule has 0 aromatic heterocycles. The van der Waals surface area contributed by atoms with Crippen molar-refractivity contribution in [3.05, 3.63) is 29.8 Å². The third-order valence-corrected chi connectivity index (χ3v) is 2.48. The van der Waals surface area contributed by atoms with Gasteiger partial charge in [0.25, 0.3) is 12.3 Å². The Morgan fingerprint density at radius 2 is 2.00 bits per heavy atom. The Hall–Kier alpha value is -1.50. The topological polar surface area (TPSA) is 29.5 Å². The SMILES string of the molecule is O=C(c1cccc(OC(F)F)c1)N(CCCl)CC(F)F. The van der Waals surface area contributed by atoms with E-state index in [0.29, 0.717) is 0 Å². The monoisotopic (exact) mass is 313 g/mol. The van der Waals surface area contributed by atoms with E-state index >= 15 is 0 Å². The van der Waals surface area contributed by atoms with Gasteiger partial charge in [0.15, 0.2) is 0 Å². The molecule has 0 aliphatic rings. The molecule has 0 radical (unpaired) electrons. The molecule has 1 rings (SSSR count). The van der Waals surface area contributed by atoms with Crippen LogP contribution < -0.4 is 4.74 Å². The van der Waals surface area contributed by atoms with Gasteiger partial charge < -0.3 is 9.64 Å². The summed E-state index contributed by atoms with van der Waals surface area (Å²) in [7, 11) is 0. The molecule has 0 spiro atoms. The number of halogens is 5. The molecule has 1 aromatic carbocycles. The molecule has 0 unspecified atom stereocenters. The molecule has 1 amide bonds. The van der Waals surface area contributed by atoms with E-state index in [1.54, 1.807) is 0 Å². The lowest BCUT2D eigenvalue weighted by Gasteiger charge is -2.21. The molecule has 0 aliphatic carbocycles. The lowest BCUT2D eigenvalue weighted by molar-refractivity contribution is -0.0499. The largest absolute Gasteiger partial charge is 0.435 e. The molecule has 112 valence electrons. The second-order valence-corrected chi connectivity index (χ2v) is 4.12. The number of carbonyl (C=O) groups is 1. The molecule has 3 nitrogen and oxygen atoms in total. The Morgan fingerprint density at radius 1 is 1.30 bits per heavy atom. The van der Waals surface area contributed by atoms with Gasteiger partial charge in [-0.2, -0.15) is 8.78 Å². The molecule has 0 atom stereocenters. The maximum Gasteiger partial charge on any atom is 0.387 e. The second-order valence-electron chi connectivity index (χ2n) is 3.74. The summed E-state index contributed by atoms with van der Waals surface area (Å²) in [5, 5.41) is 0. The van der Waals surface area contributed by atoms with Gasteiger partial charge in [-0.3, -0.25) is 4.79 Å². The zero-order valence-corrected chi connectivity index (χ0v) is 11.0. The van der Waals surface area contributed by atoms with Gasteiger partial charge in [0.2, 0.25) is 0 Å². The van der Waals surface area contributed by atoms with Crippen LogP contribution in [0.3, 0.4) is 0 Å². The Morgan fingerprint density at radius 3 is 2.55 bits per heavy atom. The zero-order chi connectivity index (χ0) is 15.1. The van der Waals surface area contributed by atoms with Crippen molar-refractivity contribution in [2.24, 2.45) is 0 Å². The summed E-state index contributed by atoms with van der Waals surface area (Å²) in [6.07, 6.45) is -2.71. The van der Waals surface area contributed by atoms with Crippen molar-refractivity contribution in [1.82, 2.24) is 4.90 Å². The van der Waals surface area contributed by atoms with Crippen LogP contribution in [0, 0.1) is 0 Å². The highest BCUT2D eigenvalue weighted by molar-refractivity contribution is 6.18. The van der Waals surface area contributed by atoms with Crippen molar-refractivity contribution in [2.45, 2.75) is 13.0 Å². The summed E-state index contributed by atoms with van der Waals surface area (Å²) in [4.78, 5) is 12.9. The molecule has 0 N–H and O–H groups in total. The maximum absolute atomic E-state index is 12.4. The molecular weight excluding hydrogens is 302 g/mol. The molecular formula is C12H12ClF4NO2. The summed E-state index contributed by atoms with van der Waals surface area (Å²) in [6.45, 7) is -3.86. The predicted molar refractivity (Wildman–Crippen MR) is 65.7 cm³/mol. The van der Waals surface area contributed by atoms with Crippen LogP contribution >= 0.6 is 11.6 Å². The number of nitrogens with zero attached hydrogens (tertiary/aromatic N) is 1. The van der Waals surface area contributed by atoms with Crippen molar-refractivity contribution in [1.29, 1.82) is 0 Å². The number of ether oxygens (including phenoxy) is 1. The molecule has 0 saturated heterocycles. The smallest absolute Gasteiger partial charge is 0.387 e. The second kappa shape index (κ2) is 7.94. The van der Waals surface area contributed by atoms with Gasteiger partial charge in [0.05, 0.1) is 6.54 Å². The van der Waals surface area contributed by atoms with Crippen LogP contribution in [0.15, 0.2) is 24.3 Å². The van der Waals surface area contributed by atoms with Crippen molar-refractivity contribution in [2.75, 3.05) is 19.0 Å². The Balaban J connectivity index is 2.87. The number of rotatable bonds is 7. The molecule has 0 saturated carbocycles. The number of hydrogen-bond donors (Lipinski definition) is 0. The first kappa shape index (κ1) is 16.6. The Labute approximate surface area is 118 Å². The van der Waals surface area contributed by atoms with Gasteiger partial charge >= 0.3 is 6.61 Å².